The van der Waals surface area contributed by atoms with Crippen LogP contribution in [0.15, 0.2) is 83.4 Å². The topological polar surface area (TPSA) is 58.9 Å². The summed E-state index contributed by atoms with van der Waals surface area (Å²) in [6, 6.07) is 19.7. The number of ketones is 1. The summed E-state index contributed by atoms with van der Waals surface area (Å²) in [5.74, 6) is -0.962. The summed E-state index contributed by atoms with van der Waals surface area (Å²) in [6.07, 6.45) is 3.55. The molecule has 0 aliphatic carbocycles. The Labute approximate surface area is 188 Å². The zero-order valence-corrected chi connectivity index (χ0v) is 17.6. The van der Waals surface area contributed by atoms with E-state index in [1.165, 1.54) is 24.3 Å². The number of benzene rings is 3. The van der Waals surface area contributed by atoms with E-state index in [-0.39, 0.29) is 23.9 Å². The zero-order valence-electron chi connectivity index (χ0n) is 17.6. The van der Waals surface area contributed by atoms with Gasteiger partial charge < -0.3 is 9.40 Å². The minimum atomic E-state index is -0.444. The fourth-order valence-electron chi connectivity index (χ4n) is 3.98. The van der Waals surface area contributed by atoms with E-state index in [9.17, 15) is 13.6 Å². The van der Waals surface area contributed by atoms with E-state index in [2.05, 4.69) is 9.97 Å². The van der Waals surface area contributed by atoms with Crippen LogP contribution in [0.4, 0.5) is 8.78 Å². The van der Waals surface area contributed by atoms with Crippen LogP contribution in [0.1, 0.15) is 29.1 Å². The first kappa shape index (κ1) is 20.8. The smallest absolute Gasteiger partial charge is 0.264 e. The molecule has 164 valence electrons. The van der Waals surface area contributed by atoms with Crippen molar-refractivity contribution in [1.29, 1.82) is 0 Å². The lowest BCUT2D eigenvalue weighted by Gasteiger charge is -2.02. The predicted molar refractivity (Wildman–Crippen MR) is 123 cm³/mol. The second-order valence-electron chi connectivity index (χ2n) is 7.85. The number of carbonyl (C=O) groups is 1. The molecule has 0 amide bonds. The van der Waals surface area contributed by atoms with Crippen molar-refractivity contribution in [2.24, 2.45) is 0 Å². The molecule has 0 saturated carbocycles. The summed E-state index contributed by atoms with van der Waals surface area (Å²) in [6.45, 7) is 0. The molecule has 0 fully saturated rings. The number of aryl methyl sites for hydroxylation is 1. The van der Waals surface area contributed by atoms with Crippen LogP contribution in [0.3, 0.4) is 0 Å². The van der Waals surface area contributed by atoms with Gasteiger partial charge in [-0.05, 0) is 48.7 Å². The Balaban J connectivity index is 1.40. The number of nitrogens with zero attached hydrogens (tertiary/aromatic N) is 1. The molecule has 3 aromatic carbocycles. The standard InChI is InChI=1S/C27H20F2N2O2/c28-20-9-3-6-17(14-20)25-26(18-7-4-10-21(29)15-18)33-27(31-25)24(32)13-5-8-19-16-30-23-12-2-1-11-22(19)23/h1-4,6-7,9-12,14-16,30H,5,8,13H2. The first-order chi connectivity index (χ1) is 16.1. The van der Waals surface area contributed by atoms with Crippen LogP contribution >= 0.6 is 0 Å². The fourth-order valence-corrected chi connectivity index (χ4v) is 3.98. The van der Waals surface area contributed by atoms with Gasteiger partial charge >= 0.3 is 0 Å². The molecule has 0 saturated heterocycles. The number of fused-ring (bicyclic) bond motifs is 1. The summed E-state index contributed by atoms with van der Waals surface area (Å²) in [5, 5.41) is 1.14. The van der Waals surface area contributed by atoms with Gasteiger partial charge in [0.05, 0.1) is 0 Å². The molecule has 5 rings (SSSR count). The maximum atomic E-state index is 13.8. The largest absolute Gasteiger partial charge is 0.433 e. The third-order valence-corrected chi connectivity index (χ3v) is 5.58. The number of hydrogen-bond donors (Lipinski definition) is 1. The quantitative estimate of drug-likeness (QED) is 0.277. The van der Waals surface area contributed by atoms with Crippen LogP contribution in [0.5, 0.6) is 0 Å². The van der Waals surface area contributed by atoms with Crippen LogP contribution < -0.4 is 0 Å². The van der Waals surface area contributed by atoms with Crippen molar-refractivity contribution in [2.45, 2.75) is 19.3 Å². The molecule has 0 spiro atoms. The van der Waals surface area contributed by atoms with Crippen molar-refractivity contribution >= 4 is 16.7 Å². The molecule has 6 heteroatoms. The number of hydrogen-bond acceptors (Lipinski definition) is 3. The van der Waals surface area contributed by atoms with Gasteiger partial charge in [-0.25, -0.2) is 13.8 Å². The highest BCUT2D eigenvalue weighted by molar-refractivity contribution is 5.94. The molecular weight excluding hydrogens is 422 g/mol. The lowest BCUT2D eigenvalue weighted by Crippen LogP contribution is -2.00. The molecule has 1 N–H and O–H groups in total. The molecule has 0 atom stereocenters. The molecule has 33 heavy (non-hydrogen) atoms. The van der Waals surface area contributed by atoms with E-state index >= 15 is 0 Å². The molecule has 0 aliphatic rings. The molecule has 0 unspecified atom stereocenters. The van der Waals surface area contributed by atoms with Crippen LogP contribution in [-0.2, 0) is 6.42 Å². The number of nitrogens with one attached hydrogen (secondary N) is 1. The zero-order chi connectivity index (χ0) is 22.8. The SMILES string of the molecule is O=C(CCCc1c[nH]c2ccccc12)c1nc(-c2cccc(F)c2)c(-c2cccc(F)c2)o1. The first-order valence-electron chi connectivity index (χ1n) is 10.7. The minimum absolute atomic E-state index is 0.0625. The molecule has 0 aliphatic heterocycles. The van der Waals surface area contributed by atoms with E-state index < -0.39 is 11.6 Å². The summed E-state index contributed by atoms with van der Waals surface area (Å²) in [7, 11) is 0. The van der Waals surface area contributed by atoms with Crippen LogP contribution in [0.25, 0.3) is 33.5 Å². The van der Waals surface area contributed by atoms with E-state index in [1.54, 1.807) is 24.3 Å². The number of aromatic nitrogens is 2. The molecule has 4 nitrogen and oxygen atoms in total. The van der Waals surface area contributed by atoms with Crippen LogP contribution in [0.2, 0.25) is 0 Å². The van der Waals surface area contributed by atoms with Gasteiger partial charge in [0.2, 0.25) is 5.78 Å². The van der Waals surface area contributed by atoms with E-state index in [4.69, 9.17) is 4.42 Å². The first-order valence-corrected chi connectivity index (χ1v) is 10.7. The van der Waals surface area contributed by atoms with Gasteiger partial charge in [0, 0.05) is 34.6 Å². The van der Waals surface area contributed by atoms with Gasteiger partial charge in [-0.15, -0.1) is 0 Å². The number of halogens is 2. The van der Waals surface area contributed by atoms with Gasteiger partial charge in [-0.3, -0.25) is 4.79 Å². The summed E-state index contributed by atoms with van der Waals surface area (Å²) in [4.78, 5) is 20.5. The molecule has 2 aromatic heterocycles. The van der Waals surface area contributed by atoms with Crippen molar-refractivity contribution in [2.75, 3.05) is 0 Å². The number of aromatic amines is 1. The summed E-state index contributed by atoms with van der Waals surface area (Å²) < 4.78 is 33.5. The molecule has 2 heterocycles. The van der Waals surface area contributed by atoms with Crippen molar-refractivity contribution < 1.29 is 18.0 Å². The van der Waals surface area contributed by atoms with Gasteiger partial charge in [-0.1, -0.05) is 42.5 Å². The highest BCUT2D eigenvalue weighted by atomic mass is 19.1. The van der Waals surface area contributed by atoms with Gasteiger partial charge in [0.25, 0.3) is 5.89 Å². The minimum Gasteiger partial charge on any atom is -0.433 e. The Morgan fingerprint density at radius 3 is 2.42 bits per heavy atom. The third kappa shape index (κ3) is 4.32. The van der Waals surface area contributed by atoms with Crippen molar-refractivity contribution in [3.8, 4) is 22.6 Å². The van der Waals surface area contributed by atoms with E-state index in [1.807, 2.05) is 30.5 Å². The molecular formula is C27H20F2N2O2. The van der Waals surface area contributed by atoms with E-state index in [0.717, 1.165) is 22.9 Å². The number of carbonyl (C=O) groups excluding carboxylic acids is 1. The maximum Gasteiger partial charge on any atom is 0.264 e. The normalized spacial score (nSPS) is 11.2. The average Bonchev–Trinajstić information content (AvgIpc) is 3.44. The van der Waals surface area contributed by atoms with Crippen molar-refractivity contribution in [3.05, 3.63) is 102 Å². The Bertz CT molecular complexity index is 1390. The van der Waals surface area contributed by atoms with Crippen LogP contribution in [-0.4, -0.2) is 15.8 Å². The van der Waals surface area contributed by atoms with Crippen molar-refractivity contribution in [1.82, 2.24) is 9.97 Å². The molecule has 5 aromatic rings. The second kappa shape index (κ2) is 8.82. The van der Waals surface area contributed by atoms with Gasteiger partial charge in [0.15, 0.2) is 5.76 Å². The predicted octanol–water partition coefficient (Wildman–Crippen LogP) is 6.97. The number of rotatable bonds is 7. The third-order valence-electron chi connectivity index (χ3n) is 5.58. The number of Topliss-reactive ketones (excluding diaryl/α,β-unsaturated/α-hetero) is 1. The Morgan fingerprint density at radius 2 is 1.64 bits per heavy atom. The highest BCUT2D eigenvalue weighted by Gasteiger charge is 2.22. The number of H-pyrrole nitrogens is 1. The van der Waals surface area contributed by atoms with E-state index in [0.29, 0.717) is 23.2 Å². The van der Waals surface area contributed by atoms with Gasteiger partial charge in [-0.2, -0.15) is 0 Å². The number of oxazole rings is 1. The summed E-state index contributed by atoms with van der Waals surface area (Å²) in [5.41, 5.74) is 3.40. The maximum absolute atomic E-state index is 13.8. The Kier molecular flexibility index (Phi) is 5.57. The lowest BCUT2D eigenvalue weighted by atomic mass is 10.1. The monoisotopic (exact) mass is 442 g/mol. The molecule has 0 bridgehead atoms. The summed E-state index contributed by atoms with van der Waals surface area (Å²) >= 11 is 0. The van der Waals surface area contributed by atoms with Crippen molar-refractivity contribution in [3.63, 3.8) is 0 Å². The highest BCUT2D eigenvalue weighted by Crippen LogP contribution is 2.34. The lowest BCUT2D eigenvalue weighted by molar-refractivity contribution is 0.0947. The van der Waals surface area contributed by atoms with Crippen LogP contribution in [0, 0.1) is 11.6 Å². The Hall–Kier alpha value is -4.06. The average molecular weight is 442 g/mol. The Morgan fingerprint density at radius 1 is 0.909 bits per heavy atom. The molecule has 0 radical (unpaired) electrons. The second-order valence-corrected chi connectivity index (χ2v) is 7.85. The number of para-hydroxylation sites is 1. The van der Waals surface area contributed by atoms with Gasteiger partial charge in [0.1, 0.15) is 17.3 Å². The fraction of sp³-hybridized carbons (Fsp3) is 0.111.